The van der Waals surface area contributed by atoms with Crippen molar-refractivity contribution in [3.63, 3.8) is 0 Å². The van der Waals surface area contributed by atoms with Crippen LogP contribution < -0.4 is 5.32 Å². The highest BCUT2D eigenvalue weighted by molar-refractivity contribution is 7.17. The maximum atomic E-state index is 12.8. The highest BCUT2D eigenvalue weighted by atomic mass is 32.1. The van der Waals surface area contributed by atoms with Crippen molar-refractivity contribution in [2.75, 3.05) is 5.32 Å². The molecule has 4 rings (SSSR count). The summed E-state index contributed by atoms with van der Waals surface area (Å²) in [6, 6.07) is 12.2. The lowest BCUT2D eigenvalue weighted by atomic mass is 10.2. The van der Waals surface area contributed by atoms with Gasteiger partial charge in [-0.2, -0.15) is 5.10 Å². The van der Waals surface area contributed by atoms with Gasteiger partial charge in [0.05, 0.1) is 17.9 Å². The molecule has 0 unspecified atom stereocenters. The fraction of sp³-hybridized carbons (Fsp3) is 0.316. The first-order chi connectivity index (χ1) is 12.2. The van der Waals surface area contributed by atoms with Crippen LogP contribution in [0.4, 0.5) is 5.82 Å². The first-order valence-electron chi connectivity index (χ1n) is 8.60. The molecule has 25 heavy (non-hydrogen) atoms. The summed E-state index contributed by atoms with van der Waals surface area (Å²) in [5, 5.41) is 8.30. The molecule has 2 heterocycles. The average molecular weight is 352 g/mol. The molecule has 0 atom stereocenters. The van der Waals surface area contributed by atoms with E-state index in [1.165, 1.54) is 24.2 Å². The average Bonchev–Trinajstić information content (AvgIpc) is 3.35. The van der Waals surface area contributed by atoms with E-state index in [0.29, 0.717) is 10.9 Å². The van der Waals surface area contributed by atoms with E-state index >= 15 is 0 Å². The van der Waals surface area contributed by atoms with Gasteiger partial charge in [0.1, 0.15) is 15.7 Å². The Hall–Kier alpha value is -2.47. The predicted molar refractivity (Wildman–Crippen MR) is 100.0 cm³/mol. The second-order valence-electron chi connectivity index (χ2n) is 6.35. The Bertz CT molecular complexity index is 878. The zero-order valence-corrected chi connectivity index (χ0v) is 14.9. The molecule has 2 aromatic heterocycles. The number of anilines is 1. The Morgan fingerprint density at radius 3 is 2.72 bits per heavy atom. The molecule has 0 bridgehead atoms. The third-order valence-electron chi connectivity index (χ3n) is 4.61. The van der Waals surface area contributed by atoms with Crippen LogP contribution in [0.1, 0.15) is 47.1 Å². The number of nitrogens with one attached hydrogen (secondary N) is 1. The standard InChI is InChI=1S/C19H20N4OS/c1-13-17(25-19(21-13)14-7-3-2-4-8-14)18(24)22-16-11-12-20-23(16)15-9-5-6-10-15/h2-4,7-8,11-12,15H,5-6,9-10H2,1H3,(H,22,24). The molecule has 1 fully saturated rings. The number of nitrogens with zero attached hydrogens (tertiary/aromatic N) is 3. The minimum atomic E-state index is -0.114. The normalized spacial score (nSPS) is 14.8. The van der Waals surface area contributed by atoms with Crippen molar-refractivity contribution in [2.24, 2.45) is 0 Å². The number of amides is 1. The summed E-state index contributed by atoms with van der Waals surface area (Å²) in [6.07, 6.45) is 6.46. The summed E-state index contributed by atoms with van der Waals surface area (Å²) in [7, 11) is 0. The molecule has 1 aromatic carbocycles. The quantitative estimate of drug-likeness (QED) is 0.741. The van der Waals surface area contributed by atoms with Gasteiger partial charge in [0.15, 0.2) is 0 Å². The molecule has 0 saturated heterocycles. The van der Waals surface area contributed by atoms with Gasteiger partial charge in [0.2, 0.25) is 0 Å². The van der Waals surface area contributed by atoms with E-state index < -0.39 is 0 Å². The van der Waals surface area contributed by atoms with Crippen LogP contribution in [-0.2, 0) is 0 Å². The molecular formula is C19H20N4OS. The first kappa shape index (κ1) is 16.0. The van der Waals surface area contributed by atoms with Crippen molar-refractivity contribution in [1.82, 2.24) is 14.8 Å². The van der Waals surface area contributed by atoms with Crippen LogP contribution in [0.25, 0.3) is 10.6 Å². The molecule has 1 aliphatic rings. The van der Waals surface area contributed by atoms with Crippen molar-refractivity contribution in [2.45, 2.75) is 38.6 Å². The summed E-state index contributed by atoms with van der Waals surface area (Å²) in [5.74, 6) is 0.655. The van der Waals surface area contributed by atoms with E-state index in [0.717, 1.165) is 34.9 Å². The molecule has 0 spiro atoms. The molecule has 0 radical (unpaired) electrons. The van der Waals surface area contributed by atoms with E-state index in [9.17, 15) is 4.79 Å². The number of hydrogen-bond donors (Lipinski definition) is 1. The Kier molecular flexibility index (Phi) is 4.36. The van der Waals surface area contributed by atoms with Gasteiger partial charge in [-0.15, -0.1) is 11.3 Å². The zero-order valence-electron chi connectivity index (χ0n) is 14.1. The van der Waals surface area contributed by atoms with Gasteiger partial charge in [0, 0.05) is 11.6 Å². The van der Waals surface area contributed by atoms with Crippen molar-refractivity contribution in [1.29, 1.82) is 0 Å². The van der Waals surface area contributed by atoms with Crippen molar-refractivity contribution in [3.8, 4) is 10.6 Å². The van der Waals surface area contributed by atoms with Crippen LogP contribution in [0.15, 0.2) is 42.6 Å². The van der Waals surface area contributed by atoms with E-state index in [-0.39, 0.29) is 5.91 Å². The molecule has 1 aliphatic carbocycles. The first-order valence-corrected chi connectivity index (χ1v) is 9.42. The third kappa shape index (κ3) is 3.22. The van der Waals surface area contributed by atoms with Gasteiger partial charge < -0.3 is 5.32 Å². The van der Waals surface area contributed by atoms with E-state index in [1.807, 2.05) is 48.0 Å². The van der Waals surface area contributed by atoms with Crippen molar-refractivity contribution < 1.29 is 4.79 Å². The molecule has 6 heteroatoms. The second-order valence-corrected chi connectivity index (χ2v) is 7.35. The summed E-state index contributed by atoms with van der Waals surface area (Å²) < 4.78 is 1.96. The molecule has 1 N–H and O–H groups in total. The summed E-state index contributed by atoms with van der Waals surface area (Å²) in [4.78, 5) is 18.0. The maximum Gasteiger partial charge on any atom is 0.268 e. The number of carbonyl (C=O) groups is 1. The largest absolute Gasteiger partial charge is 0.306 e. The summed E-state index contributed by atoms with van der Waals surface area (Å²) >= 11 is 1.43. The van der Waals surface area contributed by atoms with Crippen LogP contribution in [-0.4, -0.2) is 20.7 Å². The molecule has 128 valence electrons. The highest BCUT2D eigenvalue weighted by Crippen LogP contribution is 2.32. The van der Waals surface area contributed by atoms with Gasteiger partial charge in [-0.25, -0.2) is 9.67 Å². The third-order valence-corrected chi connectivity index (χ3v) is 5.81. The van der Waals surface area contributed by atoms with E-state index in [4.69, 9.17) is 0 Å². The van der Waals surface area contributed by atoms with Gasteiger partial charge in [-0.05, 0) is 19.8 Å². The maximum absolute atomic E-state index is 12.8. The fourth-order valence-corrected chi connectivity index (χ4v) is 4.30. The van der Waals surface area contributed by atoms with Crippen molar-refractivity contribution in [3.05, 3.63) is 53.2 Å². The molecular weight excluding hydrogens is 332 g/mol. The molecule has 0 aliphatic heterocycles. The fourth-order valence-electron chi connectivity index (χ4n) is 3.34. The number of rotatable bonds is 4. The van der Waals surface area contributed by atoms with Gasteiger partial charge in [0.25, 0.3) is 5.91 Å². The lowest BCUT2D eigenvalue weighted by Crippen LogP contribution is -2.17. The second kappa shape index (κ2) is 6.80. The highest BCUT2D eigenvalue weighted by Gasteiger charge is 2.22. The molecule has 1 saturated carbocycles. The monoisotopic (exact) mass is 352 g/mol. The van der Waals surface area contributed by atoms with Crippen LogP contribution in [0.3, 0.4) is 0 Å². The zero-order chi connectivity index (χ0) is 17.2. The number of carbonyl (C=O) groups excluding carboxylic acids is 1. The Labute approximate surface area is 150 Å². The van der Waals surface area contributed by atoms with Crippen molar-refractivity contribution >= 4 is 23.1 Å². The van der Waals surface area contributed by atoms with E-state index in [1.54, 1.807) is 6.20 Å². The number of aromatic nitrogens is 3. The lowest BCUT2D eigenvalue weighted by molar-refractivity contribution is 0.102. The number of hydrogen-bond acceptors (Lipinski definition) is 4. The number of thiazole rings is 1. The summed E-state index contributed by atoms with van der Waals surface area (Å²) in [6.45, 7) is 1.88. The van der Waals surface area contributed by atoms with Gasteiger partial charge >= 0.3 is 0 Å². The smallest absolute Gasteiger partial charge is 0.268 e. The van der Waals surface area contributed by atoms with Crippen LogP contribution in [0.5, 0.6) is 0 Å². The van der Waals surface area contributed by atoms with Crippen LogP contribution in [0.2, 0.25) is 0 Å². The Balaban J connectivity index is 1.56. The minimum Gasteiger partial charge on any atom is -0.306 e. The van der Waals surface area contributed by atoms with Crippen LogP contribution in [0, 0.1) is 6.92 Å². The minimum absolute atomic E-state index is 0.114. The van der Waals surface area contributed by atoms with E-state index in [2.05, 4.69) is 15.4 Å². The lowest BCUT2D eigenvalue weighted by Gasteiger charge is -2.14. The number of aryl methyl sites for hydroxylation is 1. The molecule has 5 nitrogen and oxygen atoms in total. The molecule has 1 amide bonds. The Morgan fingerprint density at radius 2 is 1.96 bits per heavy atom. The van der Waals surface area contributed by atoms with Gasteiger partial charge in [-0.1, -0.05) is 43.2 Å². The molecule has 3 aromatic rings. The van der Waals surface area contributed by atoms with Gasteiger partial charge in [-0.3, -0.25) is 4.79 Å². The SMILES string of the molecule is Cc1nc(-c2ccccc2)sc1C(=O)Nc1ccnn1C1CCCC1. The topological polar surface area (TPSA) is 59.8 Å². The summed E-state index contributed by atoms with van der Waals surface area (Å²) in [5.41, 5.74) is 1.79. The number of benzene rings is 1. The predicted octanol–water partition coefficient (Wildman–Crippen LogP) is 4.68. The van der Waals surface area contributed by atoms with Crippen LogP contribution >= 0.6 is 11.3 Å². The Morgan fingerprint density at radius 1 is 1.20 bits per heavy atom.